The third-order valence-electron chi connectivity index (χ3n) is 2.73. The summed E-state index contributed by atoms with van der Waals surface area (Å²) in [5, 5.41) is 11.0. The van der Waals surface area contributed by atoms with Crippen LogP contribution in [-0.4, -0.2) is 23.9 Å². The molecule has 0 amide bonds. The highest BCUT2D eigenvalue weighted by Crippen LogP contribution is 2.29. The lowest BCUT2D eigenvalue weighted by Crippen LogP contribution is -2.04. The fourth-order valence-electron chi connectivity index (χ4n) is 1.91. The lowest BCUT2D eigenvalue weighted by Gasteiger charge is -1.99. The van der Waals surface area contributed by atoms with E-state index < -0.39 is 0 Å². The predicted molar refractivity (Wildman–Crippen MR) is 61.7 cm³/mol. The van der Waals surface area contributed by atoms with E-state index in [2.05, 4.69) is 21.6 Å². The third-order valence-corrected chi connectivity index (χ3v) is 2.73. The second kappa shape index (κ2) is 4.18. The number of fused-ring (bicyclic) bond motifs is 1. The maximum absolute atomic E-state index is 5.54. The van der Waals surface area contributed by atoms with Crippen LogP contribution >= 0.6 is 0 Å². The Bertz CT molecular complexity index is 536. The third kappa shape index (κ3) is 1.89. The average molecular weight is 231 g/mol. The molecule has 0 unspecified atom stereocenters. The first-order chi connectivity index (χ1) is 8.36. The fraction of sp³-hybridized carbons (Fsp3) is 0.333. The quantitative estimate of drug-likeness (QED) is 0.865. The molecule has 0 radical (unpaired) electrons. The molecule has 1 aliphatic heterocycles. The van der Waals surface area contributed by atoms with Crippen molar-refractivity contribution >= 4 is 0 Å². The zero-order valence-electron chi connectivity index (χ0n) is 9.56. The van der Waals surface area contributed by atoms with Crippen molar-refractivity contribution in [1.29, 1.82) is 0 Å². The van der Waals surface area contributed by atoms with E-state index in [9.17, 15) is 0 Å². The topological polar surface area (TPSA) is 60.2 Å². The number of nitrogens with one attached hydrogen (secondary N) is 1. The van der Waals surface area contributed by atoms with E-state index in [0.717, 1.165) is 24.3 Å². The standard InChI is InChI=1S/C12H13N3O2/c1-13-7-11-14-15-12(17-11)9-2-3-10-8(6-9)4-5-16-10/h2-3,6,13H,4-5,7H2,1H3. The fourth-order valence-corrected chi connectivity index (χ4v) is 1.91. The molecule has 5 heteroatoms. The Balaban J connectivity index is 1.92. The van der Waals surface area contributed by atoms with Crippen molar-refractivity contribution in [3.63, 3.8) is 0 Å². The van der Waals surface area contributed by atoms with E-state index in [4.69, 9.17) is 9.15 Å². The van der Waals surface area contributed by atoms with Crippen LogP contribution in [0.3, 0.4) is 0 Å². The molecule has 88 valence electrons. The summed E-state index contributed by atoms with van der Waals surface area (Å²) in [6.45, 7) is 1.34. The summed E-state index contributed by atoms with van der Waals surface area (Å²) in [5.74, 6) is 2.12. The minimum Gasteiger partial charge on any atom is -0.493 e. The molecule has 0 aliphatic carbocycles. The molecule has 1 N–H and O–H groups in total. The van der Waals surface area contributed by atoms with Crippen molar-refractivity contribution in [3.05, 3.63) is 29.7 Å². The van der Waals surface area contributed by atoms with Crippen molar-refractivity contribution in [1.82, 2.24) is 15.5 Å². The summed E-state index contributed by atoms with van der Waals surface area (Å²) in [4.78, 5) is 0. The Kier molecular flexibility index (Phi) is 2.53. The van der Waals surface area contributed by atoms with Gasteiger partial charge in [-0.2, -0.15) is 0 Å². The Morgan fingerprint density at radius 2 is 2.29 bits per heavy atom. The molecule has 1 aliphatic rings. The van der Waals surface area contributed by atoms with Crippen LogP contribution in [0.4, 0.5) is 0 Å². The van der Waals surface area contributed by atoms with Crippen LogP contribution < -0.4 is 10.1 Å². The van der Waals surface area contributed by atoms with E-state index in [1.54, 1.807) is 0 Å². The van der Waals surface area contributed by atoms with Gasteiger partial charge in [-0.05, 0) is 30.8 Å². The molecule has 0 saturated carbocycles. The molecule has 0 bridgehead atoms. The highest BCUT2D eigenvalue weighted by molar-refractivity contribution is 5.57. The van der Waals surface area contributed by atoms with E-state index in [-0.39, 0.29) is 0 Å². The van der Waals surface area contributed by atoms with Crippen LogP contribution in [0.1, 0.15) is 11.5 Å². The van der Waals surface area contributed by atoms with Crippen LogP contribution in [0.15, 0.2) is 22.6 Å². The maximum Gasteiger partial charge on any atom is 0.247 e. The molecule has 1 aromatic carbocycles. The summed E-state index contributed by atoms with van der Waals surface area (Å²) >= 11 is 0. The van der Waals surface area contributed by atoms with Crippen LogP contribution in [0, 0.1) is 0 Å². The lowest BCUT2D eigenvalue weighted by atomic mass is 10.1. The van der Waals surface area contributed by atoms with Crippen molar-refractivity contribution in [2.45, 2.75) is 13.0 Å². The normalized spacial score (nSPS) is 13.5. The van der Waals surface area contributed by atoms with Gasteiger partial charge in [0.2, 0.25) is 11.8 Å². The molecular weight excluding hydrogens is 218 g/mol. The van der Waals surface area contributed by atoms with Crippen LogP contribution in [0.25, 0.3) is 11.5 Å². The number of aromatic nitrogens is 2. The Labute approximate surface area is 98.8 Å². The number of hydrogen-bond acceptors (Lipinski definition) is 5. The molecular formula is C12H13N3O2. The monoisotopic (exact) mass is 231 g/mol. The smallest absolute Gasteiger partial charge is 0.247 e. The van der Waals surface area contributed by atoms with Gasteiger partial charge in [-0.3, -0.25) is 0 Å². The SMILES string of the molecule is CNCc1nnc(-c2ccc3c(c2)CCO3)o1. The van der Waals surface area contributed by atoms with Gasteiger partial charge in [0.25, 0.3) is 0 Å². The van der Waals surface area contributed by atoms with Gasteiger partial charge in [0, 0.05) is 12.0 Å². The Morgan fingerprint density at radius 3 is 3.18 bits per heavy atom. The molecule has 0 saturated heterocycles. The Morgan fingerprint density at radius 1 is 1.35 bits per heavy atom. The van der Waals surface area contributed by atoms with E-state index in [1.165, 1.54) is 5.56 Å². The van der Waals surface area contributed by atoms with Crippen molar-refractivity contribution < 1.29 is 9.15 Å². The highest BCUT2D eigenvalue weighted by Gasteiger charge is 2.15. The van der Waals surface area contributed by atoms with Gasteiger partial charge in [-0.15, -0.1) is 10.2 Å². The van der Waals surface area contributed by atoms with Gasteiger partial charge in [-0.1, -0.05) is 0 Å². The van der Waals surface area contributed by atoms with Gasteiger partial charge in [0.05, 0.1) is 13.2 Å². The Hall–Kier alpha value is -1.88. The summed E-state index contributed by atoms with van der Waals surface area (Å²) in [5.41, 5.74) is 2.15. The molecule has 3 rings (SSSR count). The molecule has 17 heavy (non-hydrogen) atoms. The number of hydrogen-bond donors (Lipinski definition) is 1. The van der Waals surface area contributed by atoms with Crippen molar-refractivity contribution in [3.8, 4) is 17.2 Å². The van der Waals surface area contributed by atoms with Gasteiger partial charge in [0.15, 0.2) is 0 Å². The predicted octanol–water partition coefficient (Wildman–Crippen LogP) is 1.39. The molecule has 0 fully saturated rings. The van der Waals surface area contributed by atoms with Crippen LogP contribution in [0.5, 0.6) is 5.75 Å². The first-order valence-corrected chi connectivity index (χ1v) is 5.60. The number of ether oxygens (including phenoxy) is 1. The van der Waals surface area contributed by atoms with Gasteiger partial charge < -0.3 is 14.5 Å². The molecule has 0 spiro atoms. The largest absolute Gasteiger partial charge is 0.493 e. The summed E-state index contributed by atoms with van der Waals surface area (Å²) in [6.07, 6.45) is 0.945. The first-order valence-electron chi connectivity index (χ1n) is 5.60. The van der Waals surface area contributed by atoms with E-state index >= 15 is 0 Å². The molecule has 5 nitrogen and oxygen atoms in total. The summed E-state index contributed by atoms with van der Waals surface area (Å²) < 4.78 is 11.0. The van der Waals surface area contributed by atoms with Gasteiger partial charge in [-0.25, -0.2) is 0 Å². The second-order valence-corrected chi connectivity index (χ2v) is 3.95. The minimum absolute atomic E-state index is 0.560. The highest BCUT2D eigenvalue weighted by atomic mass is 16.5. The van der Waals surface area contributed by atoms with E-state index in [0.29, 0.717) is 18.3 Å². The van der Waals surface area contributed by atoms with Crippen LogP contribution in [-0.2, 0) is 13.0 Å². The molecule has 1 aromatic heterocycles. The van der Waals surface area contributed by atoms with E-state index in [1.807, 2.05) is 19.2 Å². The summed E-state index contributed by atoms with van der Waals surface area (Å²) in [7, 11) is 1.84. The minimum atomic E-state index is 0.560. The molecule has 0 atom stereocenters. The maximum atomic E-state index is 5.54. The first kappa shape index (κ1) is 10.3. The number of rotatable bonds is 3. The van der Waals surface area contributed by atoms with Gasteiger partial charge >= 0.3 is 0 Å². The second-order valence-electron chi connectivity index (χ2n) is 3.95. The van der Waals surface area contributed by atoms with Gasteiger partial charge in [0.1, 0.15) is 5.75 Å². The van der Waals surface area contributed by atoms with Crippen molar-refractivity contribution in [2.75, 3.05) is 13.7 Å². The number of benzene rings is 1. The number of nitrogens with zero attached hydrogens (tertiary/aromatic N) is 2. The zero-order chi connectivity index (χ0) is 11.7. The van der Waals surface area contributed by atoms with Crippen LogP contribution in [0.2, 0.25) is 0 Å². The zero-order valence-corrected chi connectivity index (χ0v) is 9.56. The molecule has 2 aromatic rings. The molecule has 2 heterocycles. The average Bonchev–Trinajstić information content (AvgIpc) is 2.96. The van der Waals surface area contributed by atoms with Crippen molar-refractivity contribution in [2.24, 2.45) is 0 Å². The summed E-state index contributed by atoms with van der Waals surface area (Å²) in [6, 6.07) is 5.96. The lowest BCUT2D eigenvalue weighted by molar-refractivity contribution is 0.357.